The highest BCUT2D eigenvalue weighted by Crippen LogP contribution is 2.30. The van der Waals surface area contributed by atoms with Gasteiger partial charge in [-0.3, -0.25) is 0 Å². The molecule has 0 bridgehead atoms. The van der Waals surface area contributed by atoms with Crippen LogP contribution in [0.4, 0.5) is 4.39 Å². The number of hydrogen-bond acceptors (Lipinski definition) is 5. The lowest BCUT2D eigenvalue weighted by atomic mass is 10.0. The summed E-state index contributed by atoms with van der Waals surface area (Å²) in [5.41, 5.74) is 2.66. The van der Waals surface area contributed by atoms with Crippen LogP contribution in [0.25, 0.3) is 28.3 Å². The minimum atomic E-state index is -3.69. The fourth-order valence-corrected chi connectivity index (χ4v) is 3.79. The average molecular weight is 407 g/mol. The predicted octanol–water partition coefficient (Wildman–Crippen LogP) is 4.21. The second-order valence-electron chi connectivity index (χ2n) is 6.37. The molecule has 0 N–H and O–H groups in total. The van der Waals surface area contributed by atoms with E-state index in [0.29, 0.717) is 28.3 Å². The molecule has 144 valence electrons. The van der Waals surface area contributed by atoms with E-state index in [2.05, 4.69) is 11.2 Å². The highest BCUT2D eigenvalue weighted by Gasteiger charge is 2.18. The van der Waals surface area contributed by atoms with Crippen molar-refractivity contribution in [3.63, 3.8) is 0 Å². The van der Waals surface area contributed by atoms with E-state index in [0.717, 1.165) is 17.9 Å². The number of rotatable bonds is 4. The molecule has 0 fully saturated rings. The van der Waals surface area contributed by atoms with Crippen LogP contribution in [0.15, 0.2) is 76.4 Å². The summed E-state index contributed by atoms with van der Waals surface area (Å²) < 4.78 is 44.5. The Morgan fingerprint density at radius 3 is 2.41 bits per heavy atom. The van der Waals surface area contributed by atoms with Gasteiger partial charge in [0.05, 0.1) is 29.4 Å². The smallest absolute Gasteiger partial charge is 0.178 e. The Morgan fingerprint density at radius 2 is 1.83 bits per heavy atom. The van der Waals surface area contributed by atoms with Gasteiger partial charge in [-0.2, -0.15) is 10.4 Å². The molecule has 2 heterocycles. The Hall–Kier alpha value is -3.70. The van der Waals surface area contributed by atoms with Gasteiger partial charge in [-0.15, -0.1) is 0 Å². The monoisotopic (exact) mass is 407 g/mol. The molecule has 0 aliphatic rings. The van der Waals surface area contributed by atoms with Gasteiger partial charge in [-0.1, -0.05) is 24.3 Å². The van der Waals surface area contributed by atoms with Crippen LogP contribution in [0, 0.1) is 17.1 Å². The first kappa shape index (κ1) is 18.7. The molecule has 0 spiro atoms. The third-order valence-corrected chi connectivity index (χ3v) is 5.54. The Morgan fingerprint density at radius 1 is 1.10 bits per heavy atom. The molecule has 6 nitrogen and oxygen atoms in total. The van der Waals surface area contributed by atoms with E-state index in [4.69, 9.17) is 4.42 Å². The minimum absolute atomic E-state index is 0.307. The van der Waals surface area contributed by atoms with Crippen molar-refractivity contribution in [2.24, 2.45) is 0 Å². The molecule has 0 aliphatic carbocycles. The summed E-state index contributed by atoms with van der Waals surface area (Å²) >= 11 is 0. The molecule has 29 heavy (non-hydrogen) atoms. The zero-order valence-corrected chi connectivity index (χ0v) is 16.0. The van der Waals surface area contributed by atoms with Gasteiger partial charge in [0.1, 0.15) is 22.5 Å². The second-order valence-corrected chi connectivity index (χ2v) is 8.36. The average Bonchev–Trinajstić information content (AvgIpc) is 3.37. The first-order valence-electron chi connectivity index (χ1n) is 8.51. The number of sulfone groups is 1. The van der Waals surface area contributed by atoms with Crippen LogP contribution in [0.5, 0.6) is 0 Å². The van der Waals surface area contributed by atoms with Gasteiger partial charge in [-0.05, 0) is 24.3 Å². The zero-order valence-electron chi connectivity index (χ0n) is 15.2. The first-order chi connectivity index (χ1) is 13.9. The number of hydrogen-bond donors (Lipinski definition) is 0. The molecule has 0 unspecified atom stereocenters. The molecule has 0 amide bonds. The fourth-order valence-electron chi connectivity index (χ4n) is 3.06. The second kappa shape index (κ2) is 7.04. The van der Waals surface area contributed by atoms with E-state index >= 15 is 0 Å². The molecule has 0 saturated carbocycles. The van der Waals surface area contributed by atoms with Gasteiger partial charge >= 0.3 is 0 Å². The van der Waals surface area contributed by atoms with Gasteiger partial charge in [-0.25, -0.2) is 17.5 Å². The summed E-state index contributed by atoms with van der Waals surface area (Å²) in [5, 5.41) is 13.7. The van der Waals surface area contributed by atoms with Crippen molar-refractivity contribution in [3.05, 3.63) is 78.4 Å². The fraction of sp³-hybridized carbons (Fsp3) is 0.0476. The Bertz CT molecular complexity index is 1330. The normalized spacial score (nSPS) is 11.3. The maximum Gasteiger partial charge on any atom is 0.178 e. The third kappa shape index (κ3) is 3.44. The van der Waals surface area contributed by atoms with E-state index in [1.165, 1.54) is 23.0 Å². The van der Waals surface area contributed by atoms with Crippen molar-refractivity contribution in [1.29, 1.82) is 5.26 Å². The SMILES string of the molecule is CS(=O)(=O)c1ccc(-n2ncc(C#N)c2-c2ccc(-c3ccco3)cc2)cc1F. The van der Waals surface area contributed by atoms with Crippen molar-refractivity contribution < 1.29 is 17.2 Å². The number of aromatic nitrogens is 2. The van der Waals surface area contributed by atoms with Crippen molar-refractivity contribution >= 4 is 9.84 Å². The van der Waals surface area contributed by atoms with Crippen LogP contribution in [-0.4, -0.2) is 24.5 Å². The first-order valence-corrected chi connectivity index (χ1v) is 10.4. The van der Waals surface area contributed by atoms with Crippen molar-refractivity contribution in [2.75, 3.05) is 6.26 Å². The molecule has 4 aromatic rings. The van der Waals surface area contributed by atoms with E-state index in [1.807, 2.05) is 30.3 Å². The van der Waals surface area contributed by atoms with Crippen molar-refractivity contribution in [3.8, 4) is 34.3 Å². The lowest BCUT2D eigenvalue weighted by Crippen LogP contribution is -2.04. The van der Waals surface area contributed by atoms with Crippen LogP contribution >= 0.6 is 0 Å². The van der Waals surface area contributed by atoms with Crippen LogP contribution in [0.2, 0.25) is 0 Å². The molecule has 8 heteroatoms. The zero-order chi connectivity index (χ0) is 20.6. The Balaban J connectivity index is 1.81. The molecule has 2 aromatic carbocycles. The molecule has 2 aromatic heterocycles. The Kier molecular flexibility index (Phi) is 4.53. The largest absolute Gasteiger partial charge is 0.464 e. The minimum Gasteiger partial charge on any atom is -0.464 e. The summed E-state index contributed by atoms with van der Waals surface area (Å²) in [6.45, 7) is 0. The molecular weight excluding hydrogens is 393 g/mol. The summed E-state index contributed by atoms with van der Waals surface area (Å²) in [6, 6.07) is 16.8. The van der Waals surface area contributed by atoms with Crippen LogP contribution in [-0.2, 0) is 9.84 Å². The summed E-state index contributed by atoms with van der Waals surface area (Å²) in [4.78, 5) is -0.390. The van der Waals surface area contributed by atoms with Crippen LogP contribution in [0.1, 0.15) is 5.56 Å². The van der Waals surface area contributed by atoms with Gasteiger partial charge < -0.3 is 4.42 Å². The van der Waals surface area contributed by atoms with Gasteiger partial charge in [0.15, 0.2) is 9.84 Å². The van der Waals surface area contributed by atoms with Crippen LogP contribution in [0.3, 0.4) is 0 Å². The molecule has 4 rings (SSSR count). The van der Waals surface area contributed by atoms with Gasteiger partial charge in [0, 0.05) is 23.4 Å². The topological polar surface area (TPSA) is 88.9 Å². The van der Waals surface area contributed by atoms with E-state index in [1.54, 1.807) is 12.3 Å². The third-order valence-electron chi connectivity index (χ3n) is 4.41. The van der Waals surface area contributed by atoms with Crippen LogP contribution < -0.4 is 0 Å². The molecular formula is C21H14FN3O3S. The molecule has 0 radical (unpaired) electrons. The number of nitrogens with zero attached hydrogens (tertiary/aromatic N) is 3. The maximum absolute atomic E-state index is 14.4. The van der Waals surface area contributed by atoms with E-state index in [9.17, 15) is 18.1 Å². The highest BCUT2D eigenvalue weighted by atomic mass is 32.2. The number of nitriles is 1. The summed E-state index contributed by atoms with van der Waals surface area (Å²) in [5.74, 6) is -0.165. The van der Waals surface area contributed by atoms with Crippen molar-refractivity contribution in [2.45, 2.75) is 4.90 Å². The molecule has 0 saturated heterocycles. The molecule has 0 atom stereocenters. The van der Waals surface area contributed by atoms with Gasteiger partial charge in [0.25, 0.3) is 0 Å². The Labute approximate surface area is 166 Å². The maximum atomic E-state index is 14.4. The van der Waals surface area contributed by atoms with E-state index in [-0.39, 0.29) is 0 Å². The standard InChI is InChI=1S/C21H14FN3O3S/c1-29(26,27)20-9-8-17(11-18(20)22)25-21(16(12-23)13-24-25)15-6-4-14(5-7-15)19-3-2-10-28-19/h2-11,13H,1H3. The van der Waals surface area contributed by atoms with E-state index < -0.39 is 20.5 Å². The van der Waals surface area contributed by atoms with Crippen molar-refractivity contribution in [1.82, 2.24) is 9.78 Å². The summed E-state index contributed by atoms with van der Waals surface area (Å²) in [6.07, 6.45) is 3.91. The number of benzene rings is 2. The summed E-state index contributed by atoms with van der Waals surface area (Å²) in [7, 11) is -3.69. The lowest BCUT2D eigenvalue weighted by molar-refractivity contribution is 0.569. The quantitative estimate of drug-likeness (QED) is 0.505. The van der Waals surface area contributed by atoms with Gasteiger partial charge in [0.2, 0.25) is 0 Å². The highest BCUT2D eigenvalue weighted by molar-refractivity contribution is 7.90. The molecule has 0 aliphatic heterocycles. The predicted molar refractivity (Wildman–Crippen MR) is 104 cm³/mol. The number of halogens is 1. The number of furan rings is 1. The lowest BCUT2D eigenvalue weighted by Gasteiger charge is -2.10.